The van der Waals surface area contributed by atoms with Crippen molar-refractivity contribution in [3.8, 4) is 0 Å². The summed E-state index contributed by atoms with van der Waals surface area (Å²) < 4.78 is 6.80. The van der Waals surface area contributed by atoms with Crippen LogP contribution in [-0.4, -0.2) is 37.5 Å². The normalized spacial score (nSPS) is 37.6. The van der Waals surface area contributed by atoms with Crippen molar-refractivity contribution < 1.29 is 9.22 Å². The summed E-state index contributed by atoms with van der Waals surface area (Å²) in [5.41, 5.74) is 0. The highest BCUT2D eigenvalue weighted by Gasteiger charge is 2.35. The highest BCUT2D eigenvalue weighted by Crippen LogP contribution is 2.28. The van der Waals surface area contributed by atoms with Gasteiger partial charge < -0.3 is 9.22 Å². The number of nitrogens with zero attached hydrogens (tertiary/aromatic N) is 1. The molecule has 2 fully saturated rings. The average molecular weight is 184 g/mol. The van der Waals surface area contributed by atoms with Crippen LogP contribution in [0.2, 0.25) is 0 Å². The second-order valence-electron chi connectivity index (χ2n) is 4.89. The van der Waals surface area contributed by atoms with Crippen LogP contribution in [0.25, 0.3) is 0 Å². The molecular weight excluding hydrogens is 162 g/mol. The standard InChI is InChI=1S/C11H22NO/c1-12(8-5-9-13-10-12)11-6-3-2-4-7-11/h11H,2-10H2,1H3/q+1. The van der Waals surface area contributed by atoms with Crippen LogP contribution in [0.1, 0.15) is 38.5 Å². The lowest BCUT2D eigenvalue weighted by atomic mass is 9.92. The maximum Gasteiger partial charge on any atom is 0.183 e. The molecule has 1 heterocycles. The second-order valence-corrected chi connectivity index (χ2v) is 4.89. The van der Waals surface area contributed by atoms with Gasteiger partial charge in [-0.1, -0.05) is 6.42 Å². The van der Waals surface area contributed by atoms with Crippen molar-refractivity contribution in [3.63, 3.8) is 0 Å². The molecule has 1 aliphatic carbocycles. The molecule has 1 atom stereocenters. The van der Waals surface area contributed by atoms with Gasteiger partial charge in [0, 0.05) is 6.42 Å². The van der Waals surface area contributed by atoms with Gasteiger partial charge in [-0.2, -0.15) is 0 Å². The second kappa shape index (κ2) is 3.97. The van der Waals surface area contributed by atoms with E-state index in [0.717, 1.165) is 19.4 Å². The van der Waals surface area contributed by atoms with Gasteiger partial charge >= 0.3 is 0 Å². The zero-order valence-corrected chi connectivity index (χ0v) is 8.80. The highest BCUT2D eigenvalue weighted by atomic mass is 16.5. The van der Waals surface area contributed by atoms with E-state index >= 15 is 0 Å². The number of quaternary nitrogens is 1. The Kier molecular flexibility index (Phi) is 2.89. The minimum atomic E-state index is 0.897. The van der Waals surface area contributed by atoms with E-state index in [0.29, 0.717) is 0 Å². The van der Waals surface area contributed by atoms with Crippen LogP contribution in [0.15, 0.2) is 0 Å². The summed E-state index contributed by atoms with van der Waals surface area (Å²) in [4.78, 5) is 0. The number of ether oxygens (including phenoxy) is 1. The van der Waals surface area contributed by atoms with Gasteiger partial charge in [0.25, 0.3) is 0 Å². The third-order valence-electron chi connectivity index (χ3n) is 3.80. The van der Waals surface area contributed by atoms with Gasteiger partial charge in [0.05, 0.1) is 26.2 Å². The van der Waals surface area contributed by atoms with Gasteiger partial charge in [-0.25, -0.2) is 0 Å². The van der Waals surface area contributed by atoms with Crippen LogP contribution in [0.3, 0.4) is 0 Å². The Labute approximate surface area is 81.5 Å². The van der Waals surface area contributed by atoms with E-state index in [2.05, 4.69) is 7.05 Å². The summed E-state index contributed by atoms with van der Waals surface area (Å²) in [5, 5.41) is 0. The molecule has 2 aliphatic rings. The van der Waals surface area contributed by atoms with Crippen LogP contribution in [0.5, 0.6) is 0 Å². The van der Waals surface area contributed by atoms with Crippen molar-refractivity contribution in [1.82, 2.24) is 0 Å². The zero-order valence-electron chi connectivity index (χ0n) is 8.80. The molecule has 2 nitrogen and oxygen atoms in total. The van der Waals surface area contributed by atoms with Gasteiger partial charge in [-0.15, -0.1) is 0 Å². The monoisotopic (exact) mass is 184 g/mol. The highest BCUT2D eigenvalue weighted by molar-refractivity contribution is 4.66. The number of hydrogen-bond donors (Lipinski definition) is 0. The molecule has 0 spiro atoms. The lowest BCUT2D eigenvalue weighted by molar-refractivity contribution is -0.958. The SMILES string of the molecule is C[N+]1(C2CCCCC2)CCCOC1. The van der Waals surface area contributed by atoms with Crippen LogP contribution < -0.4 is 0 Å². The van der Waals surface area contributed by atoms with E-state index in [4.69, 9.17) is 4.74 Å². The van der Waals surface area contributed by atoms with E-state index in [1.165, 1.54) is 49.6 Å². The van der Waals surface area contributed by atoms with Crippen molar-refractivity contribution in [2.75, 3.05) is 26.9 Å². The van der Waals surface area contributed by atoms with Crippen LogP contribution in [0, 0.1) is 0 Å². The summed E-state index contributed by atoms with van der Waals surface area (Å²) in [6.07, 6.45) is 8.46. The van der Waals surface area contributed by atoms with Crippen molar-refractivity contribution >= 4 is 0 Å². The first-order valence-electron chi connectivity index (χ1n) is 5.73. The fraction of sp³-hybridized carbons (Fsp3) is 1.00. The Balaban J connectivity index is 1.94. The molecule has 0 aromatic carbocycles. The number of rotatable bonds is 1. The minimum Gasteiger partial charge on any atom is -0.331 e. The predicted molar refractivity (Wildman–Crippen MR) is 53.4 cm³/mol. The lowest BCUT2D eigenvalue weighted by Gasteiger charge is -2.45. The molecule has 0 amide bonds. The third kappa shape index (κ3) is 2.05. The van der Waals surface area contributed by atoms with Crippen LogP contribution in [0.4, 0.5) is 0 Å². The largest absolute Gasteiger partial charge is 0.331 e. The fourth-order valence-corrected chi connectivity index (χ4v) is 2.86. The summed E-state index contributed by atoms with van der Waals surface area (Å²) in [6.45, 7) is 3.29. The van der Waals surface area contributed by atoms with Gasteiger partial charge in [0.15, 0.2) is 6.73 Å². The maximum absolute atomic E-state index is 5.61. The Morgan fingerprint density at radius 3 is 2.46 bits per heavy atom. The van der Waals surface area contributed by atoms with Crippen molar-refractivity contribution in [2.24, 2.45) is 0 Å². The van der Waals surface area contributed by atoms with E-state index < -0.39 is 0 Å². The zero-order chi connectivity index (χ0) is 9.15. The Hall–Kier alpha value is -0.0800. The van der Waals surface area contributed by atoms with E-state index in [1.807, 2.05) is 0 Å². The molecule has 0 aromatic rings. The number of hydrogen-bond acceptors (Lipinski definition) is 1. The molecule has 1 unspecified atom stereocenters. The quantitative estimate of drug-likeness (QED) is 0.567. The molecule has 1 saturated heterocycles. The molecule has 0 bridgehead atoms. The van der Waals surface area contributed by atoms with E-state index in [9.17, 15) is 0 Å². The molecule has 1 aliphatic heterocycles. The molecule has 0 N–H and O–H groups in total. The Morgan fingerprint density at radius 2 is 1.85 bits per heavy atom. The maximum atomic E-state index is 5.61. The molecular formula is C11H22NO+. The fourth-order valence-electron chi connectivity index (χ4n) is 2.86. The van der Waals surface area contributed by atoms with Gasteiger partial charge in [0.1, 0.15) is 0 Å². The molecule has 0 aromatic heterocycles. The Bertz CT molecular complexity index is 157. The summed E-state index contributed by atoms with van der Waals surface area (Å²) in [7, 11) is 2.38. The van der Waals surface area contributed by atoms with E-state index in [1.54, 1.807) is 0 Å². The van der Waals surface area contributed by atoms with E-state index in [-0.39, 0.29) is 0 Å². The lowest BCUT2D eigenvalue weighted by Crippen LogP contribution is -2.57. The summed E-state index contributed by atoms with van der Waals surface area (Å²) in [5.74, 6) is 0. The first-order valence-corrected chi connectivity index (χ1v) is 5.73. The van der Waals surface area contributed by atoms with Crippen molar-refractivity contribution in [2.45, 2.75) is 44.6 Å². The molecule has 2 heteroatoms. The first-order chi connectivity index (χ1) is 6.31. The van der Waals surface area contributed by atoms with Crippen LogP contribution >= 0.6 is 0 Å². The summed E-state index contributed by atoms with van der Waals surface area (Å²) in [6, 6.07) is 0.897. The molecule has 13 heavy (non-hydrogen) atoms. The van der Waals surface area contributed by atoms with Crippen LogP contribution in [-0.2, 0) is 4.74 Å². The third-order valence-corrected chi connectivity index (χ3v) is 3.80. The van der Waals surface area contributed by atoms with Gasteiger partial charge in [-0.05, 0) is 25.7 Å². The molecule has 1 saturated carbocycles. The topological polar surface area (TPSA) is 9.23 Å². The predicted octanol–water partition coefficient (Wildman–Crippen LogP) is 2.14. The Morgan fingerprint density at radius 1 is 1.08 bits per heavy atom. The smallest absolute Gasteiger partial charge is 0.183 e. The van der Waals surface area contributed by atoms with Gasteiger partial charge in [-0.3, -0.25) is 0 Å². The minimum absolute atomic E-state index is 0.897. The summed E-state index contributed by atoms with van der Waals surface area (Å²) >= 11 is 0. The van der Waals surface area contributed by atoms with Gasteiger partial charge in [0.2, 0.25) is 0 Å². The molecule has 2 rings (SSSR count). The average Bonchev–Trinajstić information content (AvgIpc) is 2.20. The van der Waals surface area contributed by atoms with Crippen molar-refractivity contribution in [3.05, 3.63) is 0 Å². The molecule has 0 radical (unpaired) electrons. The van der Waals surface area contributed by atoms with Crippen molar-refractivity contribution in [1.29, 1.82) is 0 Å². The first kappa shape index (κ1) is 9.47. The molecule has 76 valence electrons.